The van der Waals surface area contributed by atoms with E-state index in [1.165, 1.54) is 11.3 Å². The number of hydrogen-bond acceptors (Lipinski definition) is 4. The van der Waals surface area contributed by atoms with Gasteiger partial charge < -0.3 is 5.32 Å². The van der Waals surface area contributed by atoms with E-state index in [2.05, 4.69) is 15.3 Å². The maximum Gasteiger partial charge on any atom is 0.271 e. The minimum absolute atomic E-state index is 0.141. The molecule has 0 saturated heterocycles. The molecule has 0 spiro atoms. The molecule has 5 heteroatoms. The van der Waals surface area contributed by atoms with Gasteiger partial charge in [-0.15, -0.1) is 11.3 Å². The number of nitrogens with zero attached hydrogens (tertiary/aromatic N) is 2. The van der Waals surface area contributed by atoms with Gasteiger partial charge in [0.25, 0.3) is 5.91 Å². The van der Waals surface area contributed by atoms with Gasteiger partial charge in [0.05, 0.1) is 17.2 Å². The molecule has 17 heavy (non-hydrogen) atoms. The van der Waals surface area contributed by atoms with Crippen molar-refractivity contribution in [2.24, 2.45) is 0 Å². The number of hydrogen-bond donors (Lipinski definition) is 1. The number of carbonyl (C=O) groups is 1. The molecule has 0 unspecified atom stereocenters. The van der Waals surface area contributed by atoms with Crippen LogP contribution in [0.1, 0.15) is 26.1 Å². The molecular weight excluding hydrogens is 234 g/mol. The highest BCUT2D eigenvalue weighted by Crippen LogP contribution is 2.16. The van der Waals surface area contributed by atoms with Crippen LogP contribution in [-0.4, -0.2) is 15.9 Å². The number of aryl methyl sites for hydroxylation is 2. The summed E-state index contributed by atoms with van der Waals surface area (Å²) in [5, 5.41) is 3.72. The summed E-state index contributed by atoms with van der Waals surface area (Å²) >= 11 is 1.53. The van der Waals surface area contributed by atoms with Crippen LogP contribution >= 0.6 is 11.3 Å². The van der Waals surface area contributed by atoms with Gasteiger partial charge in [-0.25, -0.2) is 4.98 Å². The molecule has 2 aromatic rings. The zero-order valence-electron chi connectivity index (χ0n) is 9.73. The summed E-state index contributed by atoms with van der Waals surface area (Å²) in [6, 6.07) is 5.62. The number of nitrogens with one attached hydrogen (secondary N) is 1. The molecule has 0 fully saturated rings. The first kappa shape index (κ1) is 11.7. The molecule has 0 aliphatic rings. The van der Waals surface area contributed by atoms with Crippen molar-refractivity contribution in [2.45, 2.75) is 20.4 Å². The second-order valence-corrected chi connectivity index (χ2v) is 5.05. The molecule has 88 valence electrons. The van der Waals surface area contributed by atoms with Crippen LogP contribution in [0.25, 0.3) is 0 Å². The van der Waals surface area contributed by atoms with E-state index >= 15 is 0 Å². The lowest BCUT2D eigenvalue weighted by molar-refractivity contribution is 0.0945. The molecule has 4 nitrogen and oxygen atoms in total. The topological polar surface area (TPSA) is 54.9 Å². The lowest BCUT2D eigenvalue weighted by Gasteiger charge is -2.02. The van der Waals surface area contributed by atoms with Crippen molar-refractivity contribution in [3.8, 4) is 0 Å². The van der Waals surface area contributed by atoms with Crippen LogP contribution in [0, 0.1) is 13.8 Å². The molecule has 0 radical (unpaired) electrons. The smallest absolute Gasteiger partial charge is 0.271 e. The van der Waals surface area contributed by atoms with E-state index in [4.69, 9.17) is 0 Å². The Kier molecular flexibility index (Phi) is 3.49. The number of amides is 1. The lowest BCUT2D eigenvalue weighted by Crippen LogP contribution is -2.24. The van der Waals surface area contributed by atoms with Gasteiger partial charge in [-0.2, -0.15) is 0 Å². The van der Waals surface area contributed by atoms with Crippen molar-refractivity contribution in [1.82, 2.24) is 15.3 Å². The summed E-state index contributed by atoms with van der Waals surface area (Å²) in [4.78, 5) is 21.2. The highest BCUT2D eigenvalue weighted by molar-refractivity contribution is 7.11. The molecule has 0 saturated carbocycles. The van der Waals surface area contributed by atoms with Gasteiger partial charge in [0.2, 0.25) is 0 Å². The Labute approximate surface area is 104 Å². The molecule has 0 bridgehead atoms. The average molecular weight is 247 g/mol. The first-order valence-corrected chi connectivity index (χ1v) is 6.10. The fourth-order valence-corrected chi connectivity index (χ4v) is 2.31. The van der Waals surface area contributed by atoms with E-state index in [1.54, 1.807) is 6.20 Å². The van der Waals surface area contributed by atoms with E-state index in [9.17, 15) is 4.79 Å². The predicted molar refractivity (Wildman–Crippen MR) is 67.0 cm³/mol. The summed E-state index contributed by atoms with van der Waals surface area (Å²) in [7, 11) is 0. The summed E-state index contributed by atoms with van der Waals surface area (Å²) in [6.45, 7) is 4.23. The SMILES string of the molecule is Cc1nc(C(=O)NCc2ccccn2)c(C)s1. The van der Waals surface area contributed by atoms with E-state index < -0.39 is 0 Å². The van der Waals surface area contributed by atoms with Gasteiger partial charge in [0.1, 0.15) is 5.69 Å². The average Bonchev–Trinajstić information content (AvgIpc) is 2.67. The van der Waals surface area contributed by atoms with Crippen molar-refractivity contribution in [2.75, 3.05) is 0 Å². The molecule has 1 N–H and O–H groups in total. The van der Waals surface area contributed by atoms with Gasteiger partial charge in [-0.1, -0.05) is 6.07 Å². The van der Waals surface area contributed by atoms with Gasteiger partial charge in [0.15, 0.2) is 0 Å². The third-order valence-corrected chi connectivity index (χ3v) is 3.16. The predicted octanol–water partition coefficient (Wildman–Crippen LogP) is 2.08. The zero-order chi connectivity index (χ0) is 12.3. The molecule has 2 rings (SSSR count). The summed E-state index contributed by atoms with van der Waals surface area (Å²) in [6.07, 6.45) is 1.71. The first-order valence-electron chi connectivity index (χ1n) is 5.29. The first-order chi connectivity index (χ1) is 8.16. The third kappa shape index (κ3) is 2.88. The van der Waals surface area contributed by atoms with Crippen LogP contribution in [0.15, 0.2) is 24.4 Å². The Hall–Kier alpha value is -1.75. The summed E-state index contributed by atoms with van der Waals surface area (Å²) in [5.41, 5.74) is 1.36. The fourth-order valence-electron chi connectivity index (χ4n) is 1.50. The minimum atomic E-state index is -0.141. The van der Waals surface area contributed by atoms with Gasteiger partial charge in [-0.05, 0) is 26.0 Å². The molecule has 0 aliphatic carbocycles. The van der Waals surface area contributed by atoms with Crippen molar-refractivity contribution >= 4 is 17.2 Å². The van der Waals surface area contributed by atoms with Crippen LogP contribution in [-0.2, 0) is 6.54 Å². The Balaban J connectivity index is 2.01. The second kappa shape index (κ2) is 5.05. The highest BCUT2D eigenvalue weighted by Gasteiger charge is 2.13. The number of carbonyl (C=O) groups excluding carboxylic acids is 1. The Morgan fingerprint density at radius 3 is 2.82 bits per heavy atom. The number of aromatic nitrogens is 2. The molecule has 2 aromatic heterocycles. The maximum absolute atomic E-state index is 11.9. The van der Waals surface area contributed by atoms with Gasteiger partial charge in [-0.3, -0.25) is 9.78 Å². The standard InChI is InChI=1S/C12H13N3OS/c1-8-11(15-9(2)17-8)12(16)14-7-10-5-3-4-6-13-10/h3-6H,7H2,1-2H3,(H,14,16). The van der Waals surface area contributed by atoms with E-state index in [-0.39, 0.29) is 5.91 Å². The van der Waals surface area contributed by atoms with E-state index in [1.807, 2.05) is 32.0 Å². The summed E-state index contributed by atoms with van der Waals surface area (Å²) < 4.78 is 0. The largest absolute Gasteiger partial charge is 0.345 e. The van der Waals surface area contributed by atoms with Crippen molar-refractivity contribution < 1.29 is 4.79 Å². The Morgan fingerprint density at radius 2 is 2.24 bits per heavy atom. The fraction of sp³-hybridized carbons (Fsp3) is 0.250. The van der Waals surface area contributed by atoms with Gasteiger partial charge >= 0.3 is 0 Å². The van der Waals surface area contributed by atoms with Crippen molar-refractivity contribution in [3.05, 3.63) is 45.7 Å². The normalized spacial score (nSPS) is 10.2. The molecule has 0 aliphatic heterocycles. The van der Waals surface area contributed by atoms with Crippen molar-refractivity contribution in [3.63, 3.8) is 0 Å². The second-order valence-electron chi connectivity index (χ2n) is 3.64. The third-order valence-electron chi connectivity index (χ3n) is 2.27. The Morgan fingerprint density at radius 1 is 1.41 bits per heavy atom. The van der Waals surface area contributed by atoms with Crippen LogP contribution in [0.2, 0.25) is 0 Å². The monoisotopic (exact) mass is 247 g/mol. The highest BCUT2D eigenvalue weighted by atomic mass is 32.1. The van der Waals surface area contributed by atoms with E-state index in [0.717, 1.165) is 15.6 Å². The van der Waals surface area contributed by atoms with Gasteiger partial charge in [0, 0.05) is 11.1 Å². The lowest BCUT2D eigenvalue weighted by atomic mass is 10.3. The zero-order valence-corrected chi connectivity index (χ0v) is 10.5. The number of thiazole rings is 1. The molecule has 0 aromatic carbocycles. The molecular formula is C12H13N3OS. The van der Waals surface area contributed by atoms with Crippen LogP contribution in [0.3, 0.4) is 0 Å². The molecule has 1 amide bonds. The molecule has 0 atom stereocenters. The minimum Gasteiger partial charge on any atom is -0.345 e. The number of pyridine rings is 1. The van der Waals surface area contributed by atoms with Crippen LogP contribution in [0.4, 0.5) is 0 Å². The van der Waals surface area contributed by atoms with Crippen molar-refractivity contribution in [1.29, 1.82) is 0 Å². The molecule has 2 heterocycles. The van der Waals surface area contributed by atoms with Crippen LogP contribution in [0.5, 0.6) is 0 Å². The van der Waals surface area contributed by atoms with E-state index in [0.29, 0.717) is 12.2 Å². The number of rotatable bonds is 3. The quantitative estimate of drug-likeness (QED) is 0.903. The maximum atomic E-state index is 11.9. The Bertz CT molecular complexity index is 522. The summed E-state index contributed by atoms with van der Waals surface area (Å²) in [5.74, 6) is -0.141. The van der Waals surface area contributed by atoms with Crippen LogP contribution < -0.4 is 5.32 Å².